The zero-order chi connectivity index (χ0) is 27.7. The molecule has 8 rings (SSSR count). The first-order chi connectivity index (χ1) is 19.4. The molecule has 40 heavy (non-hydrogen) atoms. The number of imide groups is 1. The Morgan fingerprint density at radius 2 is 1.18 bits per heavy atom. The van der Waals surface area contributed by atoms with Crippen LogP contribution in [0.4, 0.5) is 0 Å². The molecule has 4 aliphatic rings. The summed E-state index contributed by atoms with van der Waals surface area (Å²) in [6, 6.07) is 27.5. The number of halogens is 3. The van der Waals surface area contributed by atoms with Crippen LogP contribution in [0, 0.1) is 11.8 Å². The second-order valence-electron chi connectivity index (χ2n) is 10.3. The first kappa shape index (κ1) is 25.3. The maximum atomic E-state index is 14.4. The Morgan fingerprint density at radius 1 is 0.675 bits per heavy atom. The standard InChI is InChI=1S/C32H21Cl3N2O3/c33-18-14-13-17(25(35)15-18)16-36(30(38)23-11-5-6-12-24(23)34)37-31(39)28-26-19-7-1-2-8-20(19)27(29(28)32(37)40)22-10-4-3-9-21(22)26/h1-15,26-29H,16H2/t26?,27?,28-,29+. The lowest BCUT2D eigenvalue weighted by molar-refractivity contribution is -0.155. The number of hydrogen-bond acceptors (Lipinski definition) is 3. The zero-order valence-corrected chi connectivity index (χ0v) is 23.2. The van der Waals surface area contributed by atoms with Crippen molar-refractivity contribution in [1.82, 2.24) is 10.0 Å². The van der Waals surface area contributed by atoms with Crippen molar-refractivity contribution in [3.05, 3.63) is 139 Å². The van der Waals surface area contributed by atoms with Gasteiger partial charge in [-0.25, -0.2) is 5.01 Å². The van der Waals surface area contributed by atoms with Crippen molar-refractivity contribution in [1.29, 1.82) is 0 Å². The summed E-state index contributed by atoms with van der Waals surface area (Å²) in [5.41, 5.74) is 4.94. The quantitative estimate of drug-likeness (QED) is 0.239. The number of carbonyl (C=O) groups excluding carboxylic acids is 3. The predicted octanol–water partition coefficient (Wildman–Crippen LogP) is 7.10. The fourth-order valence-electron chi connectivity index (χ4n) is 6.72. The first-order valence-electron chi connectivity index (χ1n) is 12.9. The molecule has 1 aliphatic heterocycles. The molecule has 8 heteroatoms. The minimum Gasteiger partial charge on any atom is -0.272 e. The van der Waals surface area contributed by atoms with Crippen LogP contribution < -0.4 is 0 Å². The van der Waals surface area contributed by atoms with Gasteiger partial charge in [-0.15, -0.1) is 0 Å². The average molecular weight is 588 g/mol. The van der Waals surface area contributed by atoms with Gasteiger partial charge in [0.15, 0.2) is 0 Å². The van der Waals surface area contributed by atoms with E-state index < -0.39 is 29.6 Å². The molecule has 1 saturated heterocycles. The molecule has 2 bridgehead atoms. The smallest absolute Gasteiger partial charge is 0.272 e. The third kappa shape index (κ3) is 3.65. The lowest BCUT2D eigenvalue weighted by Gasteiger charge is -2.45. The summed E-state index contributed by atoms with van der Waals surface area (Å²) in [6.07, 6.45) is 0. The molecule has 1 heterocycles. The van der Waals surface area contributed by atoms with Gasteiger partial charge in [0.25, 0.3) is 17.7 Å². The van der Waals surface area contributed by atoms with Crippen LogP contribution in [0.2, 0.25) is 15.1 Å². The van der Waals surface area contributed by atoms with Gasteiger partial charge in [-0.2, -0.15) is 5.01 Å². The summed E-state index contributed by atoms with van der Waals surface area (Å²) in [6.45, 7) is -0.119. The molecule has 0 radical (unpaired) electrons. The van der Waals surface area contributed by atoms with Gasteiger partial charge in [-0.3, -0.25) is 14.4 Å². The molecular weight excluding hydrogens is 567 g/mol. The Labute approximate surface area is 245 Å². The highest BCUT2D eigenvalue weighted by Crippen LogP contribution is 2.61. The van der Waals surface area contributed by atoms with E-state index in [0.29, 0.717) is 15.6 Å². The first-order valence-corrected chi connectivity index (χ1v) is 14.1. The molecule has 0 unspecified atom stereocenters. The summed E-state index contributed by atoms with van der Waals surface area (Å²) >= 11 is 19.0. The Bertz CT molecular complexity index is 1620. The predicted molar refractivity (Wildman–Crippen MR) is 153 cm³/mol. The van der Waals surface area contributed by atoms with Crippen LogP contribution in [0.25, 0.3) is 0 Å². The van der Waals surface area contributed by atoms with Gasteiger partial charge in [-0.1, -0.05) is 102 Å². The maximum Gasteiger partial charge on any atom is 0.274 e. The zero-order valence-electron chi connectivity index (χ0n) is 20.9. The highest BCUT2D eigenvalue weighted by molar-refractivity contribution is 6.35. The third-order valence-electron chi connectivity index (χ3n) is 8.34. The number of hydrogen-bond donors (Lipinski definition) is 0. The molecule has 3 aliphatic carbocycles. The van der Waals surface area contributed by atoms with Crippen LogP contribution in [0.15, 0.2) is 91.0 Å². The summed E-state index contributed by atoms with van der Waals surface area (Å²) in [5.74, 6) is -3.23. The Kier molecular flexibility index (Phi) is 6.00. The Morgan fingerprint density at radius 3 is 1.68 bits per heavy atom. The normalized spacial score (nSPS) is 22.1. The van der Waals surface area contributed by atoms with Crippen LogP contribution in [-0.4, -0.2) is 27.7 Å². The van der Waals surface area contributed by atoms with E-state index in [2.05, 4.69) is 0 Å². The van der Waals surface area contributed by atoms with Crippen molar-refractivity contribution >= 4 is 52.5 Å². The number of hydrazine groups is 1. The van der Waals surface area contributed by atoms with Crippen molar-refractivity contribution in [3.63, 3.8) is 0 Å². The lowest BCUT2D eigenvalue weighted by atomic mass is 9.55. The second-order valence-corrected chi connectivity index (χ2v) is 11.6. The molecule has 4 aromatic rings. The minimum absolute atomic E-state index is 0.119. The summed E-state index contributed by atoms with van der Waals surface area (Å²) < 4.78 is 0. The van der Waals surface area contributed by atoms with E-state index in [9.17, 15) is 14.4 Å². The van der Waals surface area contributed by atoms with E-state index >= 15 is 0 Å². The molecule has 2 atom stereocenters. The van der Waals surface area contributed by atoms with E-state index in [4.69, 9.17) is 34.8 Å². The van der Waals surface area contributed by atoms with Crippen molar-refractivity contribution in [2.45, 2.75) is 18.4 Å². The number of nitrogens with zero attached hydrogens (tertiary/aromatic N) is 2. The molecule has 4 aromatic carbocycles. The van der Waals surface area contributed by atoms with E-state index in [1.165, 1.54) is 5.01 Å². The van der Waals surface area contributed by atoms with E-state index in [1.807, 2.05) is 48.5 Å². The Balaban J connectivity index is 1.37. The van der Waals surface area contributed by atoms with Crippen LogP contribution in [-0.2, 0) is 16.1 Å². The van der Waals surface area contributed by atoms with Gasteiger partial charge >= 0.3 is 0 Å². The van der Waals surface area contributed by atoms with Gasteiger partial charge < -0.3 is 0 Å². The van der Waals surface area contributed by atoms with Crippen molar-refractivity contribution in [2.75, 3.05) is 0 Å². The molecule has 1 fully saturated rings. The number of carbonyl (C=O) groups is 3. The lowest BCUT2D eigenvalue weighted by Crippen LogP contribution is -2.50. The third-order valence-corrected chi connectivity index (χ3v) is 9.26. The van der Waals surface area contributed by atoms with Gasteiger partial charge in [-0.05, 0) is 52.1 Å². The number of rotatable bonds is 4. The largest absolute Gasteiger partial charge is 0.274 e. The van der Waals surface area contributed by atoms with Crippen LogP contribution in [0.1, 0.15) is 50.0 Å². The van der Waals surface area contributed by atoms with Gasteiger partial charge in [0.2, 0.25) is 0 Å². The topological polar surface area (TPSA) is 57.7 Å². The van der Waals surface area contributed by atoms with Gasteiger partial charge in [0.05, 0.1) is 29.0 Å². The maximum absolute atomic E-state index is 14.4. The van der Waals surface area contributed by atoms with Crippen molar-refractivity contribution < 1.29 is 14.4 Å². The monoisotopic (exact) mass is 586 g/mol. The van der Waals surface area contributed by atoms with Gasteiger partial charge in [0.1, 0.15) is 0 Å². The summed E-state index contributed by atoms with van der Waals surface area (Å²) in [7, 11) is 0. The van der Waals surface area contributed by atoms with Crippen molar-refractivity contribution in [2.24, 2.45) is 11.8 Å². The SMILES string of the molecule is O=C(c1ccccc1Cl)N(Cc1ccc(Cl)cc1Cl)N1C(=O)[C@@H]2C3c4ccccc4C(c4ccccc43)[C@@H]2C1=O. The second kappa shape index (κ2) is 9.48. The molecule has 0 saturated carbocycles. The van der Waals surface area contributed by atoms with Gasteiger partial charge in [0, 0.05) is 21.9 Å². The molecular formula is C32H21Cl3N2O3. The average Bonchev–Trinajstić information content (AvgIpc) is 3.22. The van der Waals surface area contributed by atoms with E-state index in [0.717, 1.165) is 27.3 Å². The highest BCUT2D eigenvalue weighted by atomic mass is 35.5. The highest BCUT2D eigenvalue weighted by Gasteiger charge is 2.63. The summed E-state index contributed by atoms with van der Waals surface area (Å²) in [4.78, 5) is 42.8. The molecule has 0 N–H and O–H groups in total. The van der Waals surface area contributed by atoms with Crippen LogP contribution >= 0.6 is 34.8 Å². The molecule has 0 aromatic heterocycles. The molecule has 198 valence electrons. The van der Waals surface area contributed by atoms with Crippen molar-refractivity contribution in [3.8, 4) is 0 Å². The fraction of sp³-hybridized carbons (Fsp3) is 0.156. The summed E-state index contributed by atoms with van der Waals surface area (Å²) in [5, 5.41) is 3.21. The van der Waals surface area contributed by atoms with E-state index in [1.54, 1.807) is 42.5 Å². The number of amides is 3. The fourth-order valence-corrected chi connectivity index (χ4v) is 7.40. The molecule has 0 spiro atoms. The number of benzene rings is 4. The minimum atomic E-state index is -0.635. The molecule has 3 amide bonds. The van der Waals surface area contributed by atoms with Crippen LogP contribution in [0.5, 0.6) is 0 Å². The molecule has 5 nitrogen and oxygen atoms in total. The van der Waals surface area contributed by atoms with Crippen LogP contribution in [0.3, 0.4) is 0 Å². The van der Waals surface area contributed by atoms with E-state index in [-0.39, 0.29) is 29.0 Å². The Hall–Kier alpha value is -3.64.